The molecule has 0 bridgehead atoms. The highest BCUT2D eigenvalue weighted by Crippen LogP contribution is 2.18. The molecule has 0 aromatic carbocycles. The van der Waals surface area contributed by atoms with Crippen LogP contribution in [0.15, 0.2) is 11.6 Å². The van der Waals surface area contributed by atoms with Gasteiger partial charge in [-0.25, -0.2) is 0 Å². The first-order valence-corrected chi connectivity index (χ1v) is 6.90. The van der Waals surface area contributed by atoms with Gasteiger partial charge in [-0.2, -0.15) is 0 Å². The smallest absolute Gasteiger partial charge is 0.155 e. The van der Waals surface area contributed by atoms with Crippen LogP contribution in [0.25, 0.3) is 0 Å². The normalized spacial score (nSPS) is 12.2. The van der Waals surface area contributed by atoms with Gasteiger partial charge in [-0.05, 0) is 24.8 Å². The van der Waals surface area contributed by atoms with Crippen LogP contribution in [0.4, 0.5) is 0 Å². The number of ketones is 1. The van der Waals surface area contributed by atoms with Gasteiger partial charge in [0.25, 0.3) is 0 Å². The first-order valence-electron chi connectivity index (χ1n) is 6.90. The van der Waals surface area contributed by atoms with Gasteiger partial charge < -0.3 is 0 Å². The van der Waals surface area contributed by atoms with Crippen molar-refractivity contribution in [1.82, 2.24) is 0 Å². The zero-order chi connectivity index (χ0) is 12.4. The van der Waals surface area contributed by atoms with Gasteiger partial charge in [0.15, 0.2) is 5.78 Å². The van der Waals surface area contributed by atoms with Crippen LogP contribution >= 0.6 is 0 Å². The molecule has 0 aromatic heterocycles. The van der Waals surface area contributed by atoms with E-state index in [4.69, 9.17) is 0 Å². The zero-order valence-corrected chi connectivity index (χ0v) is 11.5. The van der Waals surface area contributed by atoms with Gasteiger partial charge in [-0.15, -0.1) is 0 Å². The van der Waals surface area contributed by atoms with Gasteiger partial charge in [-0.3, -0.25) is 4.79 Å². The third-order valence-corrected chi connectivity index (χ3v) is 3.31. The Morgan fingerprint density at radius 3 is 2.19 bits per heavy atom. The van der Waals surface area contributed by atoms with Crippen LogP contribution in [0.2, 0.25) is 0 Å². The maximum absolute atomic E-state index is 11.8. The minimum atomic E-state index is 0.335. The molecular formula is C15H28O. The summed E-state index contributed by atoms with van der Waals surface area (Å²) in [6.07, 6.45) is 9.48. The monoisotopic (exact) mass is 224 g/mol. The summed E-state index contributed by atoms with van der Waals surface area (Å²) in [5, 5.41) is 0. The Kier molecular flexibility index (Phi) is 9.27. The van der Waals surface area contributed by atoms with Crippen LogP contribution in [0.5, 0.6) is 0 Å². The molecule has 1 atom stereocenters. The van der Waals surface area contributed by atoms with Gasteiger partial charge in [0.1, 0.15) is 0 Å². The molecule has 94 valence electrons. The predicted octanol–water partition coefficient (Wildman–Crippen LogP) is 4.91. The van der Waals surface area contributed by atoms with Crippen molar-refractivity contribution in [1.29, 1.82) is 0 Å². The lowest BCUT2D eigenvalue weighted by Crippen LogP contribution is -2.06. The van der Waals surface area contributed by atoms with E-state index in [1.54, 1.807) is 0 Å². The third-order valence-electron chi connectivity index (χ3n) is 3.31. The highest BCUT2D eigenvalue weighted by molar-refractivity contribution is 5.90. The SMILES string of the molecule is CCCCC(CC)CC(=O)C=C(CC)CC. The summed E-state index contributed by atoms with van der Waals surface area (Å²) < 4.78 is 0. The van der Waals surface area contributed by atoms with E-state index in [0.717, 1.165) is 25.7 Å². The fraction of sp³-hybridized carbons (Fsp3) is 0.800. The minimum absolute atomic E-state index is 0.335. The van der Waals surface area contributed by atoms with Gasteiger partial charge in [-0.1, -0.05) is 59.0 Å². The summed E-state index contributed by atoms with van der Waals surface area (Å²) in [5.41, 5.74) is 1.29. The van der Waals surface area contributed by atoms with E-state index < -0.39 is 0 Å². The first kappa shape index (κ1) is 15.4. The molecule has 0 saturated carbocycles. The zero-order valence-electron chi connectivity index (χ0n) is 11.5. The number of hydrogen-bond acceptors (Lipinski definition) is 1. The van der Waals surface area contributed by atoms with E-state index in [1.807, 2.05) is 6.08 Å². The Morgan fingerprint density at radius 1 is 1.12 bits per heavy atom. The number of unbranched alkanes of at least 4 members (excludes halogenated alkanes) is 1. The molecule has 0 amide bonds. The van der Waals surface area contributed by atoms with Crippen molar-refractivity contribution < 1.29 is 4.79 Å². The molecule has 0 radical (unpaired) electrons. The second kappa shape index (κ2) is 9.62. The Bertz CT molecular complexity index is 209. The lowest BCUT2D eigenvalue weighted by Gasteiger charge is -2.12. The van der Waals surface area contributed by atoms with Crippen molar-refractivity contribution in [3.8, 4) is 0 Å². The van der Waals surface area contributed by atoms with Gasteiger partial charge in [0.2, 0.25) is 0 Å². The van der Waals surface area contributed by atoms with E-state index in [2.05, 4.69) is 27.7 Å². The number of allylic oxidation sites excluding steroid dienone is 2. The summed E-state index contributed by atoms with van der Waals surface area (Å²) in [5.74, 6) is 0.931. The van der Waals surface area contributed by atoms with Crippen molar-refractivity contribution in [2.75, 3.05) is 0 Å². The van der Waals surface area contributed by atoms with Crippen molar-refractivity contribution >= 4 is 5.78 Å². The summed E-state index contributed by atoms with van der Waals surface area (Å²) >= 11 is 0. The molecule has 0 N–H and O–H groups in total. The number of carbonyl (C=O) groups excluding carboxylic acids is 1. The third kappa shape index (κ3) is 6.81. The maximum atomic E-state index is 11.8. The molecule has 0 aliphatic heterocycles. The molecule has 1 heteroatoms. The molecule has 16 heavy (non-hydrogen) atoms. The van der Waals surface area contributed by atoms with E-state index >= 15 is 0 Å². The topological polar surface area (TPSA) is 17.1 Å². The van der Waals surface area contributed by atoms with Crippen LogP contribution in [0.1, 0.15) is 72.6 Å². The summed E-state index contributed by atoms with van der Waals surface area (Å²) in [7, 11) is 0. The second-order valence-electron chi connectivity index (χ2n) is 4.60. The predicted molar refractivity (Wildman–Crippen MR) is 71.6 cm³/mol. The average Bonchev–Trinajstić information content (AvgIpc) is 2.31. The summed E-state index contributed by atoms with van der Waals surface area (Å²) in [4.78, 5) is 11.8. The minimum Gasteiger partial charge on any atom is -0.295 e. The largest absolute Gasteiger partial charge is 0.295 e. The van der Waals surface area contributed by atoms with Crippen molar-refractivity contribution in [3.63, 3.8) is 0 Å². The fourth-order valence-electron chi connectivity index (χ4n) is 1.97. The Labute approximate surface area is 101 Å². The highest BCUT2D eigenvalue weighted by atomic mass is 16.1. The van der Waals surface area contributed by atoms with E-state index in [9.17, 15) is 4.79 Å². The van der Waals surface area contributed by atoms with Gasteiger partial charge in [0.05, 0.1) is 0 Å². The van der Waals surface area contributed by atoms with E-state index in [1.165, 1.54) is 24.8 Å². The lowest BCUT2D eigenvalue weighted by atomic mass is 9.93. The molecule has 0 aliphatic rings. The van der Waals surface area contributed by atoms with Gasteiger partial charge in [0, 0.05) is 6.42 Å². The van der Waals surface area contributed by atoms with E-state index in [-0.39, 0.29) is 0 Å². The molecular weight excluding hydrogens is 196 g/mol. The molecule has 1 nitrogen and oxygen atoms in total. The van der Waals surface area contributed by atoms with Crippen molar-refractivity contribution in [2.45, 2.75) is 72.6 Å². The molecule has 0 spiro atoms. The molecule has 1 unspecified atom stereocenters. The lowest BCUT2D eigenvalue weighted by molar-refractivity contribution is -0.115. The Balaban J connectivity index is 4.13. The quantitative estimate of drug-likeness (QED) is 0.509. The van der Waals surface area contributed by atoms with Crippen LogP contribution in [-0.4, -0.2) is 5.78 Å². The molecule has 0 rings (SSSR count). The molecule has 0 heterocycles. The van der Waals surface area contributed by atoms with E-state index in [0.29, 0.717) is 11.7 Å². The molecule has 0 aliphatic carbocycles. The average molecular weight is 224 g/mol. The Hall–Kier alpha value is -0.590. The summed E-state index contributed by atoms with van der Waals surface area (Å²) in [6.45, 7) is 8.65. The highest BCUT2D eigenvalue weighted by Gasteiger charge is 2.10. The maximum Gasteiger partial charge on any atom is 0.155 e. The van der Waals surface area contributed by atoms with Crippen LogP contribution in [0, 0.1) is 5.92 Å². The van der Waals surface area contributed by atoms with Crippen molar-refractivity contribution in [2.24, 2.45) is 5.92 Å². The number of rotatable bonds is 9. The summed E-state index contributed by atoms with van der Waals surface area (Å²) in [6, 6.07) is 0. The number of hydrogen-bond donors (Lipinski definition) is 0. The van der Waals surface area contributed by atoms with Crippen LogP contribution < -0.4 is 0 Å². The van der Waals surface area contributed by atoms with Crippen LogP contribution in [0.3, 0.4) is 0 Å². The standard InChI is InChI=1S/C15H28O/c1-5-9-10-14(8-4)12-15(16)11-13(6-2)7-3/h11,14H,5-10,12H2,1-4H3. The van der Waals surface area contributed by atoms with Crippen LogP contribution in [-0.2, 0) is 4.79 Å². The molecule has 0 aromatic rings. The molecule has 0 fully saturated rings. The fourth-order valence-corrected chi connectivity index (χ4v) is 1.97. The van der Waals surface area contributed by atoms with Gasteiger partial charge >= 0.3 is 0 Å². The Morgan fingerprint density at radius 2 is 1.75 bits per heavy atom. The number of carbonyl (C=O) groups is 1. The second-order valence-corrected chi connectivity index (χ2v) is 4.60. The van der Waals surface area contributed by atoms with Crippen molar-refractivity contribution in [3.05, 3.63) is 11.6 Å². The molecule has 0 saturated heterocycles. The first-order chi connectivity index (χ1) is 7.67.